The van der Waals surface area contributed by atoms with Crippen LogP contribution in [0.25, 0.3) is 0 Å². The number of methoxy groups -OCH3 is 2. The number of hydrogen-bond acceptors (Lipinski definition) is 7. The van der Waals surface area contributed by atoms with Crippen LogP contribution in [0.15, 0.2) is 30.3 Å². The number of alkyl halides is 1. The summed E-state index contributed by atoms with van der Waals surface area (Å²) in [6.07, 6.45) is 2.87. The predicted molar refractivity (Wildman–Crippen MR) is 144 cm³/mol. The molecule has 0 bridgehead atoms. The molecule has 3 rings (SSSR count). The van der Waals surface area contributed by atoms with Crippen LogP contribution < -0.4 is 19.5 Å². The summed E-state index contributed by atoms with van der Waals surface area (Å²) in [6, 6.07) is 9.74. The molecule has 1 N–H and O–H groups in total. The van der Waals surface area contributed by atoms with Crippen LogP contribution in [0.4, 0.5) is 4.39 Å². The number of carbonyl (C=O) groups excluding carboxylic acids is 1. The van der Waals surface area contributed by atoms with Gasteiger partial charge in [-0.05, 0) is 68.1 Å². The number of ether oxygens (including phenoxy) is 5. The number of unbranched alkanes of at least 4 members (excludes halogenated alkanes) is 1. The Kier molecular flexibility index (Phi) is 12.6. The van der Waals surface area contributed by atoms with Crippen molar-refractivity contribution in [2.75, 3.05) is 73.6 Å². The lowest BCUT2D eigenvalue weighted by Gasteiger charge is -2.29. The van der Waals surface area contributed by atoms with Gasteiger partial charge >= 0.3 is 0 Å². The van der Waals surface area contributed by atoms with E-state index in [1.807, 2.05) is 25.1 Å². The maximum atomic E-state index is 12.9. The van der Waals surface area contributed by atoms with E-state index in [4.69, 9.17) is 23.7 Å². The molecular formula is C29H41FN2O6. The van der Waals surface area contributed by atoms with Crippen LogP contribution in [0.1, 0.15) is 39.9 Å². The number of halogens is 1. The molecule has 8 nitrogen and oxygen atoms in total. The molecule has 1 aliphatic heterocycles. The van der Waals surface area contributed by atoms with Gasteiger partial charge in [-0.2, -0.15) is 0 Å². The zero-order valence-electron chi connectivity index (χ0n) is 22.9. The summed E-state index contributed by atoms with van der Waals surface area (Å²) < 4.78 is 39.1. The topological polar surface area (TPSA) is 78.5 Å². The third-order valence-electron chi connectivity index (χ3n) is 6.44. The Morgan fingerprint density at radius 2 is 1.63 bits per heavy atom. The lowest BCUT2D eigenvalue weighted by molar-refractivity contribution is 0.0324. The number of fused-ring (bicyclic) bond motifs is 1. The maximum absolute atomic E-state index is 12.9. The van der Waals surface area contributed by atoms with E-state index >= 15 is 0 Å². The molecular weight excluding hydrogens is 490 g/mol. The van der Waals surface area contributed by atoms with Gasteiger partial charge < -0.3 is 29.0 Å². The molecule has 0 spiro atoms. The van der Waals surface area contributed by atoms with Crippen LogP contribution >= 0.6 is 0 Å². The largest absolute Gasteiger partial charge is 0.493 e. The zero-order valence-corrected chi connectivity index (χ0v) is 22.9. The molecule has 1 heterocycles. The first-order chi connectivity index (χ1) is 18.5. The molecule has 0 fully saturated rings. The van der Waals surface area contributed by atoms with E-state index in [0.717, 1.165) is 56.0 Å². The number of carbonyl (C=O) groups is 1. The normalized spacial score (nSPS) is 13.2. The van der Waals surface area contributed by atoms with Crippen molar-refractivity contribution in [2.24, 2.45) is 0 Å². The molecule has 1 amide bonds. The number of nitrogens with one attached hydrogen (secondary N) is 1. The molecule has 210 valence electrons. The number of hydrogen-bond donors (Lipinski definition) is 1. The minimum absolute atomic E-state index is 0.0835. The first kappa shape index (κ1) is 29.7. The highest BCUT2D eigenvalue weighted by atomic mass is 18.2. The van der Waals surface area contributed by atoms with Gasteiger partial charge in [-0.1, -0.05) is 11.6 Å². The molecule has 9 heteroatoms. The van der Waals surface area contributed by atoms with Crippen molar-refractivity contribution in [1.29, 1.82) is 0 Å². The predicted octanol–water partition coefficient (Wildman–Crippen LogP) is 3.96. The fraction of sp³-hybridized carbons (Fsp3) is 0.552. The summed E-state index contributed by atoms with van der Waals surface area (Å²) in [5.74, 6) is 1.94. The number of amides is 1. The summed E-state index contributed by atoms with van der Waals surface area (Å²) in [5, 5.41) is 3.03. The summed E-state index contributed by atoms with van der Waals surface area (Å²) in [7, 11) is 3.33. The standard InChI is InChI=1S/C29H41FN2O6/c1-22-6-7-26(38-17-16-37-15-14-36-13-9-30)25(18-22)29(33)31-10-4-5-11-32-12-8-23-19-27(34-2)28(35-3)20-24(23)21-32/h6-7,18-20H,4-5,8-17,21H2,1-3H3,(H,31,33)/i30-1. The van der Waals surface area contributed by atoms with E-state index in [2.05, 4.69) is 22.3 Å². The second-order valence-corrected chi connectivity index (χ2v) is 9.23. The van der Waals surface area contributed by atoms with Crippen LogP contribution in [0.3, 0.4) is 0 Å². The second kappa shape index (κ2) is 16.2. The number of rotatable bonds is 17. The molecule has 2 aromatic carbocycles. The van der Waals surface area contributed by atoms with Crippen molar-refractivity contribution >= 4 is 5.91 Å². The van der Waals surface area contributed by atoms with Crippen LogP contribution in [0.2, 0.25) is 0 Å². The van der Waals surface area contributed by atoms with Gasteiger partial charge in [0.25, 0.3) is 5.91 Å². The van der Waals surface area contributed by atoms with Gasteiger partial charge in [-0.3, -0.25) is 9.69 Å². The summed E-state index contributed by atoms with van der Waals surface area (Å²) in [6.45, 7) is 6.39. The Balaban J connectivity index is 1.38. The Labute approximate surface area is 225 Å². The lowest BCUT2D eigenvalue weighted by Crippen LogP contribution is -2.32. The molecule has 38 heavy (non-hydrogen) atoms. The van der Waals surface area contributed by atoms with E-state index in [1.54, 1.807) is 14.2 Å². The monoisotopic (exact) mass is 531 g/mol. The highest BCUT2D eigenvalue weighted by Crippen LogP contribution is 2.33. The van der Waals surface area contributed by atoms with Gasteiger partial charge in [0.15, 0.2) is 11.5 Å². The van der Waals surface area contributed by atoms with Gasteiger partial charge in [-0.25, -0.2) is 4.39 Å². The molecule has 0 unspecified atom stereocenters. The SMILES string of the molecule is COc1cc2c(cc1OC)CN(CCCCNC(=O)c1cc(C)ccc1OCCOCCOCC[18F])CC2. The minimum Gasteiger partial charge on any atom is -0.493 e. The Bertz CT molecular complexity index is 1020. The van der Waals surface area contributed by atoms with Crippen molar-refractivity contribution in [2.45, 2.75) is 32.7 Å². The molecule has 0 aliphatic carbocycles. The number of nitrogens with zero attached hydrogens (tertiary/aromatic N) is 1. The average molecular weight is 532 g/mol. The highest BCUT2D eigenvalue weighted by Gasteiger charge is 2.19. The van der Waals surface area contributed by atoms with Crippen molar-refractivity contribution in [3.8, 4) is 17.2 Å². The maximum Gasteiger partial charge on any atom is 0.255 e. The van der Waals surface area contributed by atoms with Gasteiger partial charge in [-0.15, -0.1) is 0 Å². The smallest absolute Gasteiger partial charge is 0.255 e. The van der Waals surface area contributed by atoms with Crippen LogP contribution in [-0.2, 0) is 22.4 Å². The van der Waals surface area contributed by atoms with Gasteiger partial charge in [0, 0.05) is 19.6 Å². The quantitative estimate of drug-likeness (QED) is 0.310. The Morgan fingerprint density at radius 3 is 2.37 bits per heavy atom. The lowest BCUT2D eigenvalue weighted by atomic mass is 9.98. The van der Waals surface area contributed by atoms with E-state index in [1.165, 1.54) is 11.1 Å². The molecule has 1 aliphatic rings. The minimum atomic E-state index is -0.499. The number of benzene rings is 2. The fourth-order valence-corrected chi connectivity index (χ4v) is 4.42. The molecule has 0 atom stereocenters. The molecule has 0 saturated carbocycles. The summed E-state index contributed by atoms with van der Waals surface area (Å²) >= 11 is 0. The summed E-state index contributed by atoms with van der Waals surface area (Å²) in [5.41, 5.74) is 4.11. The van der Waals surface area contributed by atoms with E-state index in [0.29, 0.717) is 44.3 Å². The van der Waals surface area contributed by atoms with Crippen molar-refractivity contribution in [3.05, 3.63) is 52.6 Å². The van der Waals surface area contributed by atoms with Gasteiger partial charge in [0.05, 0.1) is 46.2 Å². The van der Waals surface area contributed by atoms with E-state index in [-0.39, 0.29) is 12.5 Å². The molecule has 0 radical (unpaired) electrons. The van der Waals surface area contributed by atoms with Gasteiger partial charge in [0.2, 0.25) is 0 Å². The third-order valence-corrected chi connectivity index (χ3v) is 6.44. The van der Waals surface area contributed by atoms with Crippen molar-refractivity contribution in [1.82, 2.24) is 10.2 Å². The number of aryl methyl sites for hydroxylation is 1. The van der Waals surface area contributed by atoms with E-state index in [9.17, 15) is 9.18 Å². The van der Waals surface area contributed by atoms with Crippen LogP contribution in [0, 0.1) is 6.92 Å². The Morgan fingerprint density at radius 1 is 0.921 bits per heavy atom. The van der Waals surface area contributed by atoms with Crippen molar-refractivity contribution in [3.63, 3.8) is 0 Å². The zero-order chi connectivity index (χ0) is 27.2. The molecule has 2 aromatic rings. The van der Waals surface area contributed by atoms with Crippen molar-refractivity contribution < 1.29 is 32.9 Å². The average Bonchev–Trinajstić information content (AvgIpc) is 2.93. The first-order valence-corrected chi connectivity index (χ1v) is 13.2. The van der Waals surface area contributed by atoms with E-state index < -0.39 is 6.67 Å². The summed E-state index contributed by atoms with van der Waals surface area (Å²) in [4.78, 5) is 15.3. The van der Waals surface area contributed by atoms with Crippen LogP contribution in [-0.4, -0.2) is 84.4 Å². The fourth-order valence-electron chi connectivity index (χ4n) is 4.42. The van der Waals surface area contributed by atoms with Gasteiger partial charge in [0.1, 0.15) is 19.0 Å². The molecule has 0 saturated heterocycles. The molecule has 0 aromatic heterocycles. The second-order valence-electron chi connectivity index (χ2n) is 9.23. The first-order valence-electron chi connectivity index (χ1n) is 13.2. The Hall–Kier alpha value is -2.88. The highest BCUT2D eigenvalue weighted by molar-refractivity contribution is 5.97. The third kappa shape index (κ3) is 9.15. The van der Waals surface area contributed by atoms with Crippen LogP contribution in [0.5, 0.6) is 17.2 Å².